The Balaban J connectivity index is 1.65. The number of hydrogen-bond donors (Lipinski definition) is 2. The Hall–Kier alpha value is -2.22. The first-order valence-electron chi connectivity index (χ1n) is 7.18. The number of thiazole rings is 1. The average molecular weight is 394 g/mol. The molecular weight excluding hydrogens is 381 g/mol. The van der Waals surface area contributed by atoms with E-state index in [1.54, 1.807) is 13.2 Å². The quantitative estimate of drug-likeness (QED) is 0.579. The summed E-state index contributed by atoms with van der Waals surface area (Å²) >= 11 is 12.4. The molecule has 0 radical (unpaired) electrons. The monoisotopic (exact) mass is 393 g/mol. The second kappa shape index (κ2) is 7.77. The van der Waals surface area contributed by atoms with Gasteiger partial charge in [-0.15, -0.1) is 11.3 Å². The molecule has 0 aliphatic rings. The minimum Gasteiger partial charge on any atom is -0.497 e. The van der Waals surface area contributed by atoms with Crippen molar-refractivity contribution >= 4 is 51.1 Å². The SMILES string of the molecule is COc1ccc(-c2csc(NC(=S)Nc3ccc(F)c(Cl)c3)n2)cc1. The Kier molecular flexibility index (Phi) is 5.47. The second-order valence-corrected chi connectivity index (χ2v) is 6.65. The van der Waals surface area contributed by atoms with Crippen molar-refractivity contribution in [2.75, 3.05) is 17.7 Å². The van der Waals surface area contributed by atoms with E-state index in [-0.39, 0.29) is 5.02 Å². The standard InChI is InChI=1S/C17H13ClFN3OS2/c1-23-12-5-2-10(3-6-12)15-9-25-17(21-15)22-16(24)20-11-4-7-14(19)13(18)8-11/h2-9H,1H3,(H2,20,21,22,24). The zero-order valence-electron chi connectivity index (χ0n) is 13.0. The molecule has 0 aliphatic carbocycles. The fourth-order valence-corrected chi connectivity index (χ4v) is 3.24. The molecule has 2 aromatic carbocycles. The fraction of sp³-hybridized carbons (Fsp3) is 0.0588. The molecule has 0 bridgehead atoms. The van der Waals surface area contributed by atoms with Crippen LogP contribution in [-0.2, 0) is 0 Å². The third-order valence-corrected chi connectivity index (χ3v) is 4.54. The number of rotatable bonds is 4. The predicted molar refractivity (Wildman–Crippen MR) is 105 cm³/mol. The maximum Gasteiger partial charge on any atom is 0.189 e. The van der Waals surface area contributed by atoms with Crippen molar-refractivity contribution < 1.29 is 9.13 Å². The molecule has 8 heteroatoms. The minimum atomic E-state index is -0.477. The first kappa shape index (κ1) is 17.6. The molecule has 2 N–H and O–H groups in total. The number of nitrogens with one attached hydrogen (secondary N) is 2. The van der Waals surface area contributed by atoms with Gasteiger partial charge in [-0.3, -0.25) is 0 Å². The zero-order valence-corrected chi connectivity index (χ0v) is 15.4. The van der Waals surface area contributed by atoms with Gasteiger partial charge >= 0.3 is 0 Å². The van der Waals surface area contributed by atoms with Crippen LogP contribution < -0.4 is 15.4 Å². The summed E-state index contributed by atoms with van der Waals surface area (Å²) in [4.78, 5) is 4.50. The second-order valence-electron chi connectivity index (χ2n) is 4.97. The van der Waals surface area contributed by atoms with Crippen molar-refractivity contribution in [2.24, 2.45) is 0 Å². The summed E-state index contributed by atoms with van der Waals surface area (Å²) < 4.78 is 18.3. The van der Waals surface area contributed by atoms with Crippen LogP contribution in [-0.4, -0.2) is 17.2 Å². The molecule has 0 amide bonds. The Morgan fingerprint density at radius 1 is 1.20 bits per heavy atom. The van der Waals surface area contributed by atoms with Crippen LogP contribution in [0.5, 0.6) is 5.75 Å². The smallest absolute Gasteiger partial charge is 0.189 e. The van der Waals surface area contributed by atoms with Gasteiger partial charge in [-0.2, -0.15) is 0 Å². The van der Waals surface area contributed by atoms with Crippen molar-refractivity contribution in [3.05, 3.63) is 58.7 Å². The summed E-state index contributed by atoms with van der Waals surface area (Å²) in [6, 6.07) is 11.9. The average Bonchev–Trinajstić information content (AvgIpc) is 3.06. The van der Waals surface area contributed by atoms with Crippen molar-refractivity contribution in [1.82, 2.24) is 4.98 Å². The van der Waals surface area contributed by atoms with Gasteiger partial charge in [0.2, 0.25) is 0 Å². The summed E-state index contributed by atoms with van der Waals surface area (Å²) in [5.74, 6) is 0.316. The highest BCUT2D eigenvalue weighted by molar-refractivity contribution is 7.80. The number of ether oxygens (including phenoxy) is 1. The van der Waals surface area contributed by atoms with Gasteiger partial charge in [0, 0.05) is 16.6 Å². The van der Waals surface area contributed by atoms with E-state index >= 15 is 0 Å². The van der Waals surface area contributed by atoms with Crippen LogP contribution in [0, 0.1) is 5.82 Å². The van der Waals surface area contributed by atoms with Crippen LogP contribution in [0.4, 0.5) is 15.2 Å². The van der Waals surface area contributed by atoms with Crippen LogP contribution in [0.3, 0.4) is 0 Å². The van der Waals surface area contributed by atoms with Gasteiger partial charge in [0.1, 0.15) is 11.6 Å². The third kappa shape index (κ3) is 4.45. The van der Waals surface area contributed by atoms with Gasteiger partial charge in [0.25, 0.3) is 0 Å². The maximum absolute atomic E-state index is 13.2. The first-order valence-corrected chi connectivity index (χ1v) is 8.85. The number of methoxy groups -OCH3 is 1. The molecule has 3 rings (SSSR count). The summed E-state index contributed by atoms with van der Waals surface area (Å²) in [5.41, 5.74) is 2.41. The van der Waals surface area contributed by atoms with Crippen LogP contribution in [0.25, 0.3) is 11.3 Å². The number of anilines is 2. The number of thiocarbonyl (C=S) groups is 1. The van der Waals surface area contributed by atoms with E-state index in [4.69, 9.17) is 28.6 Å². The number of halogens is 2. The largest absolute Gasteiger partial charge is 0.497 e. The minimum absolute atomic E-state index is 0.0313. The van der Waals surface area contributed by atoms with E-state index in [2.05, 4.69) is 15.6 Å². The molecule has 25 heavy (non-hydrogen) atoms. The summed E-state index contributed by atoms with van der Waals surface area (Å²) in [6.45, 7) is 0. The Labute approximate surface area is 158 Å². The van der Waals surface area contributed by atoms with Gasteiger partial charge in [0.15, 0.2) is 10.2 Å². The zero-order chi connectivity index (χ0) is 17.8. The lowest BCUT2D eigenvalue weighted by molar-refractivity contribution is 0.415. The highest BCUT2D eigenvalue weighted by Gasteiger charge is 2.07. The van der Waals surface area contributed by atoms with E-state index in [1.807, 2.05) is 29.6 Å². The molecule has 128 valence electrons. The lowest BCUT2D eigenvalue weighted by Gasteiger charge is -2.08. The summed E-state index contributed by atoms with van der Waals surface area (Å²) in [5, 5.41) is 8.90. The van der Waals surface area contributed by atoms with E-state index in [0.717, 1.165) is 17.0 Å². The fourth-order valence-electron chi connectivity index (χ4n) is 2.06. The lowest BCUT2D eigenvalue weighted by Crippen LogP contribution is -2.18. The molecule has 1 aromatic heterocycles. The van der Waals surface area contributed by atoms with Gasteiger partial charge < -0.3 is 15.4 Å². The highest BCUT2D eigenvalue weighted by Crippen LogP contribution is 2.26. The number of aromatic nitrogens is 1. The van der Waals surface area contributed by atoms with E-state index in [0.29, 0.717) is 15.9 Å². The molecule has 1 heterocycles. The van der Waals surface area contributed by atoms with E-state index < -0.39 is 5.82 Å². The van der Waals surface area contributed by atoms with Crippen molar-refractivity contribution in [3.63, 3.8) is 0 Å². The Morgan fingerprint density at radius 3 is 2.64 bits per heavy atom. The van der Waals surface area contributed by atoms with Crippen molar-refractivity contribution in [2.45, 2.75) is 0 Å². The van der Waals surface area contributed by atoms with Crippen LogP contribution in [0.1, 0.15) is 0 Å². The van der Waals surface area contributed by atoms with Crippen LogP contribution in [0.15, 0.2) is 47.8 Å². The van der Waals surface area contributed by atoms with Gasteiger partial charge in [-0.05, 0) is 54.7 Å². The van der Waals surface area contributed by atoms with Crippen molar-refractivity contribution in [1.29, 1.82) is 0 Å². The molecule has 0 saturated carbocycles. The lowest BCUT2D eigenvalue weighted by atomic mass is 10.2. The Bertz CT molecular complexity index is 899. The van der Waals surface area contributed by atoms with Gasteiger partial charge in [-0.1, -0.05) is 11.6 Å². The predicted octanol–water partition coefficient (Wildman–Crippen LogP) is 5.42. The first-order chi connectivity index (χ1) is 12.0. The molecule has 0 unspecified atom stereocenters. The summed E-state index contributed by atoms with van der Waals surface area (Å²) in [6.07, 6.45) is 0. The van der Waals surface area contributed by atoms with Crippen molar-refractivity contribution in [3.8, 4) is 17.0 Å². The van der Waals surface area contributed by atoms with Gasteiger partial charge in [0.05, 0.1) is 17.8 Å². The molecule has 4 nitrogen and oxygen atoms in total. The van der Waals surface area contributed by atoms with Gasteiger partial charge in [-0.25, -0.2) is 9.37 Å². The highest BCUT2D eigenvalue weighted by atomic mass is 35.5. The number of hydrogen-bond acceptors (Lipinski definition) is 4. The molecule has 0 fully saturated rings. The summed E-state index contributed by atoms with van der Waals surface area (Å²) in [7, 11) is 1.63. The van der Waals surface area contributed by atoms with E-state index in [1.165, 1.54) is 23.5 Å². The third-order valence-electron chi connectivity index (χ3n) is 3.29. The maximum atomic E-state index is 13.2. The molecule has 3 aromatic rings. The Morgan fingerprint density at radius 2 is 1.96 bits per heavy atom. The molecule has 0 saturated heterocycles. The van der Waals surface area contributed by atoms with E-state index in [9.17, 15) is 4.39 Å². The molecular formula is C17H13ClFN3OS2. The molecule has 0 aliphatic heterocycles. The molecule has 0 atom stereocenters. The van der Waals surface area contributed by atoms with Crippen LogP contribution in [0.2, 0.25) is 5.02 Å². The molecule has 0 spiro atoms. The normalized spacial score (nSPS) is 10.4. The van der Waals surface area contributed by atoms with Crippen LogP contribution >= 0.6 is 35.2 Å². The topological polar surface area (TPSA) is 46.2 Å². The number of nitrogens with zero attached hydrogens (tertiary/aromatic N) is 1. The number of benzene rings is 2.